The van der Waals surface area contributed by atoms with E-state index < -0.39 is 40.2 Å². The molecule has 2 aromatic rings. The fourth-order valence-corrected chi connectivity index (χ4v) is 5.20. The van der Waals surface area contributed by atoms with Crippen LogP contribution in [0, 0.1) is 0 Å². The summed E-state index contributed by atoms with van der Waals surface area (Å²) in [5.74, 6) is 0.447. The van der Waals surface area contributed by atoms with Crippen molar-refractivity contribution in [2.75, 3.05) is 28.2 Å². The molecule has 0 fully saturated rings. The van der Waals surface area contributed by atoms with Crippen LogP contribution in [0.15, 0.2) is 138 Å². The summed E-state index contributed by atoms with van der Waals surface area (Å²) in [6, 6.07) is 7.01. The normalized spacial score (nSPS) is 17.5. The summed E-state index contributed by atoms with van der Waals surface area (Å²) >= 11 is 0. The number of benzene rings is 2. The van der Waals surface area contributed by atoms with Crippen molar-refractivity contribution in [1.82, 2.24) is 21.7 Å². The van der Waals surface area contributed by atoms with Gasteiger partial charge in [-0.25, -0.2) is 0 Å². The zero-order valence-electron chi connectivity index (χ0n) is 27.7. The number of allylic oxidation sites excluding steroid dienone is 4. The molecule has 51 heavy (non-hydrogen) atoms. The predicted octanol–water partition coefficient (Wildman–Crippen LogP) is 7.28. The lowest BCUT2D eigenvalue weighted by molar-refractivity contribution is -0.288. The van der Waals surface area contributed by atoms with Gasteiger partial charge in [-0.1, -0.05) is 57.3 Å². The average molecular weight is 721 g/mol. The number of rotatable bonds is 14. The van der Waals surface area contributed by atoms with Gasteiger partial charge in [-0.05, 0) is 59.7 Å². The molecule has 2 aliphatic carbocycles. The van der Waals surface area contributed by atoms with Crippen LogP contribution >= 0.6 is 0 Å². The van der Waals surface area contributed by atoms with Crippen LogP contribution in [-0.2, 0) is 5.41 Å². The number of nitrogens with zero attached hydrogens (tertiary/aromatic N) is 8. The van der Waals surface area contributed by atoms with Crippen molar-refractivity contribution in [3.05, 3.63) is 108 Å². The highest BCUT2D eigenvalue weighted by Gasteiger charge is 2.72. The number of hydrogen-bond acceptors (Lipinski definition) is 10. The maximum absolute atomic E-state index is 14.9. The molecule has 4 N–H and O–H groups in total. The molecule has 0 saturated heterocycles. The first kappa shape index (κ1) is 38.0. The number of halogens is 6. The summed E-state index contributed by atoms with van der Waals surface area (Å²) in [7, 11) is 6.09. The Labute approximate surface area is 288 Å². The molecule has 0 amide bonds. The average Bonchev–Trinajstić information content (AvgIpc) is 3.09. The third-order valence-corrected chi connectivity index (χ3v) is 7.37. The van der Waals surface area contributed by atoms with Gasteiger partial charge in [0.1, 0.15) is 23.0 Å². The van der Waals surface area contributed by atoms with Gasteiger partial charge < -0.3 is 9.47 Å². The van der Waals surface area contributed by atoms with Crippen molar-refractivity contribution in [2.45, 2.75) is 41.9 Å². The number of ether oxygens (including phenoxy) is 2. The fourth-order valence-electron chi connectivity index (χ4n) is 5.20. The van der Waals surface area contributed by atoms with Crippen LogP contribution in [0.4, 0.5) is 26.3 Å². The molecule has 2 aromatic carbocycles. The zero-order valence-corrected chi connectivity index (χ0v) is 27.7. The van der Waals surface area contributed by atoms with Gasteiger partial charge in [-0.3, -0.25) is 21.7 Å². The fraction of sp³-hybridized carbons (Fsp3) is 0.355. The summed E-state index contributed by atoms with van der Waals surface area (Å²) in [5.41, 5.74) is 0.854. The molecule has 272 valence electrons. The Kier molecular flexibility index (Phi) is 11.8. The van der Waals surface area contributed by atoms with Gasteiger partial charge in [0.05, 0.1) is 12.8 Å². The smallest absolute Gasteiger partial charge is 0.411 e. The summed E-state index contributed by atoms with van der Waals surface area (Å²) in [6.45, 7) is 0. The minimum absolute atomic E-state index is 0.000651. The number of hydrogen-bond donors (Lipinski definition) is 4. The van der Waals surface area contributed by atoms with Gasteiger partial charge in [0.15, 0.2) is 0 Å². The van der Waals surface area contributed by atoms with Gasteiger partial charge in [0, 0.05) is 28.2 Å². The Morgan fingerprint density at radius 3 is 1.12 bits per heavy atom. The van der Waals surface area contributed by atoms with E-state index in [-0.39, 0.29) is 35.9 Å². The van der Waals surface area contributed by atoms with E-state index in [1.54, 1.807) is 36.5 Å². The molecule has 4 rings (SSSR count). The van der Waals surface area contributed by atoms with Crippen molar-refractivity contribution in [3.63, 3.8) is 0 Å². The molecule has 0 bridgehead atoms. The Balaban J connectivity index is 1.63. The van der Waals surface area contributed by atoms with Crippen LogP contribution in [0.2, 0.25) is 0 Å². The molecule has 0 aromatic heterocycles. The molecule has 0 spiro atoms. The van der Waals surface area contributed by atoms with Gasteiger partial charge in [0.2, 0.25) is 16.7 Å². The molecule has 0 saturated carbocycles. The number of alkyl halides is 6. The van der Waals surface area contributed by atoms with Crippen molar-refractivity contribution in [3.8, 4) is 11.5 Å². The van der Waals surface area contributed by atoms with E-state index in [9.17, 15) is 26.3 Å². The highest BCUT2D eigenvalue weighted by molar-refractivity contribution is 5.47. The van der Waals surface area contributed by atoms with Crippen LogP contribution in [0.5, 0.6) is 11.5 Å². The molecular weight excluding hydrogens is 686 g/mol. The standard InChI is InChI=1S/C31H34F6N12O2/c1-38-46-42-27(43-47-39-2)17-5-7-25(19-27)50-23-13-9-21(10-14-23)29(30(32,33)34,31(35,36)37)22-11-15-24(16-12-22)51-26-8-6-18-28(20-26,44-48-40-3)45-49-41-4/h5-18H,19-20H2,1-4H3,(H,38,42)(H,39,43)(H,40,44)(H,41,45). The summed E-state index contributed by atoms with van der Waals surface area (Å²) in [5, 5.41) is 31.3. The lowest BCUT2D eigenvalue weighted by Crippen LogP contribution is -2.54. The maximum atomic E-state index is 14.9. The van der Waals surface area contributed by atoms with Gasteiger partial charge >= 0.3 is 12.4 Å². The molecule has 0 radical (unpaired) electrons. The van der Waals surface area contributed by atoms with Gasteiger partial charge in [-0.2, -0.15) is 26.3 Å². The van der Waals surface area contributed by atoms with E-state index in [0.29, 0.717) is 0 Å². The van der Waals surface area contributed by atoms with Crippen molar-refractivity contribution in [2.24, 2.45) is 41.4 Å². The lowest BCUT2D eigenvalue weighted by atomic mass is 9.73. The van der Waals surface area contributed by atoms with E-state index in [4.69, 9.17) is 9.47 Å². The molecule has 14 nitrogen and oxygen atoms in total. The van der Waals surface area contributed by atoms with Crippen LogP contribution in [-0.4, -0.2) is 51.9 Å². The Morgan fingerprint density at radius 2 is 0.843 bits per heavy atom. The summed E-state index contributed by atoms with van der Waals surface area (Å²) in [4.78, 5) is 0. The first-order valence-electron chi connectivity index (χ1n) is 15.1. The predicted molar refractivity (Wildman–Crippen MR) is 172 cm³/mol. The Bertz CT molecular complexity index is 1580. The van der Waals surface area contributed by atoms with E-state index in [1.165, 1.54) is 28.2 Å². The van der Waals surface area contributed by atoms with E-state index in [2.05, 4.69) is 63.1 Å². The van der Waals surface area contributed by atoms with Crippen LogP contribution in [0.25, 0.3) is 0 Å². The molecule has 0 aliphatic heterocycles. The van der Waals surface area contributed by atoms with Gasteiger partial charge in [-0.15, -0.1) is 20.5 Å². The summed E-state index contributed by atoms with van der Waals surface area (Å²) in [6.07, 6.45) is -2.22. The van der Waals surface area contributed by atoms with Crippen LogP contribution in [0.3, 0.4) is 0 Å². The second-order valence-electron chi connectivity index (χ2n) is 10.8. The number of nitrogens with one attached hydrogen (secondary N) is 4. The third-order valence-electron chi connectivity index (χ3n) is 7.37. The SMILES string of the molecule is CN/N=N/C1(/N=N/NC)C=CC=C(Oc2ccc(C(c3ccc(OC4=CC=CC(/N=N/NC)(/N=N/NC)C4)cc3)(C(F)(F)F)C(F)(F)F)cc2)C1. The first-order chi connectivity index (χ1) is 24.3. The van der Waals surface area contributed by atoms with Crippen LogP contribution < -0.4 is 31.2 Å². The second-order valence-corrected chi connectivity index (χ2v) is 10.8. The van der Waals surface area contributed by atoms with E-state index in [0.717, 1.165) is 48.5 Å². The van der Waals surface area contributed by atoms with Crippen LogP contribution in [0.1, 0.15) is 24.0 Å². The highest BCUT2D eigenvalue weighted by Crippen LogP contribution is 2.56. The van der Waals surface area contributed by atoms with Gasteiger partial charge in [0.25, 0.3) is 0 Å². The van der Waals surface area contributed by atoms with Crippen molar-refractivity contribution < 1.29 is 35.8 Å². The summed E-state index contributed by atoms with van der Waals surface area (Å²) < 4.78 is 101. The molecule has 20 heteroatoms. The highest BCUT2D eigenvalue weighted by atomic mass is 19.4. The minimum atomic E-state index is -5.81. The van der Waals surface area contributed by atoms with E-state index >= 15 is 0 Å². The quantitative estimate of drug-likeness (QED) is 0.0910. The molecular formula is C31H34F6N12O2. The topological polar surface area (TPSA) is 165 Å². The molecule has 0 atom stereocenters. The Hall–Kier alpha value is -5.82. The monoisotopic (exact) mass is 720 g/mol. The van der Waals surface area contributed by atoms with Crippen molar-refractivity contribution in [1.29, 1.82) is 0 Å². The minimum Gasteiger partial charge on any atom is -0.462 e. The first-order valence-corrected chi connectivity index (χ1v) is 15.1. The second kappa shape index (κ2) is 15.8. The van der Waals surface area contributed by atoms with Crippen molar-refractivity contribution >= 4 is 0 Å². The maximum Gasteiger partial charge on any atom is 0.411 e. The third kappa shape index (κ3) is 8.50. The van der Waals surface area contributed by atoms with E-state index in [1.807, 2.05) is 0 Å². The molecule has 0 unspecified atom stereocenters. The molecule has 2 aliphatic rings. The molecule has 0 heterocycles. The lowest BCUT2D eigenvalue weighted by Gasteiger charge is -2.38. The Morgan fingerprint density at radius 1 is 0.529 bits per heavy atom. The largest absolute Gasteiger partial charge is 0.462 e. The zero-order chi connectivity index (χ0) is 37.2.